The number of carboxylic acid groups (broad SMARTS) is 1. The fourth-order valence-corrected chi connectivity index (χ4v) is 5.81. The van der Waals surface area contributed by atoms with E-state index in [1.165, 1.54) is 51.2 Å². The van der Waals surface area contributed by atoms with Crippen LogP contribution in [0.2, 0.25) is 0 Å². The highest BCUT2D eigenvalue weighted by Crippen LogP contribution is 2.50. The minimum absolute atomic E-state index is 0.0818. The topological polar surface area (TPSA) is 47.2 Å². The van der Waals surface area contributed by atoms with E-state index in [1.54, 1.807) is 11.8 Å². The van der Waals surface area contributed by atoms with E-state index in [4.69, 9.17) is 0 Å². The lowest BCUT2D eigenvalue weighted by atomic mass is 9.97. The van der Waals surface area contributed by atoms with Crippen LogP contribution in [0.5, 0.6) is 0 Å². The lowest BCUT2D eigenvalue weighted by Crippen LogP contribution is -2.04. The smallest absolute Gasteiger partial charge is 0.304 e. The number of rotatable bonds is 6. The fourth-order valence-electron chi connectivity index (χ4n) is 4.81. The molecule has 29 heavy (non-hydrogen) atoms. The van der Waals surface area contributed by atoms with E-state index < -0.39 is 5.97 Å². The van der Waals surface area contributed by atoms with Crippen molar-refractivity contribution < 1.29 is 9.90 Å². The van der Waals surface area contributed by atoms with E-state index in [-0.39, 0.29) is 12.3 Å². The summed E-state index contributed by atoms with van der Waals surface area (Å²) in [5, 5.41) is 12.9. The predicted octanol–water partition coefficient (Wildman–Crippen LogP) is 6.11. The summed E-state index contributed by atoms with van der Waals surface area (Å²) < 4.78 is 4.60. The van der Waals surface area contributed by atoms with Crippen molar-refractivity contribution >= 4 is 28.6 Å². The molecule has 150 valence electrons. The van der Waals surface area contributed by atoms with E-state index in [0.717, 1.165) is 13.0 Å². The number of nitrogens with zero attached hydrogens (tertiary/aromatic N) is 2. The molecule has 0 radical (unpaired) electrons. The lowest BCUT2D eigenvalue weighted by Gasteiger charge is -2.12. The Hall–Kier alpha value is -2.40. The van der Waals surface area contributed by atoms with Gasteiger partial charge in [0.25, 0.3) is 0 Å². The molecule has 5 rings (SSSR count). The quantitative estimate of drug-likeness (QED) is 0.502. The highest BCUT2D eigenvalue weighted by molar-refractivity contribution is 8.02. The van der Waals surface area contributed by atoms with E-state index in [1.807, 2.05) is 6.92 Å². The molecule has 1 aliphatic carbocycles. The molecule has 1 aliphatic heterocycles. The van der Waals surface area contributed by atoms with E-state index in [2.05, 4.69) is 58.1 Å². The van der Waals surface area contributed by atoms with Crippen molar-refractivity contribution in [2.24, 2.45) is 7.05 Å². The predicted molar refractivity (Wildman–Crippen MR) is 119 cm³/mol. The number of benzene rings is 1. The van der Waals surface area contributed by atoms with Gasteiger partial charge in [0.1, 0.15) is 0 Å². The van der Waals surface area contributed by atoms with Crippen LogP contribution in [0, 0.1) is 0 Å². The summed E-state index contributed by atoms with van der Waals surface area (Å²) in [6, 6.07) is 9.05. The first-order valence-electron chi connectivity index (χ1n) is 10.4. The van der Waals surface area contributed by atoms with Gasteiger partial charge >= 0.3 is 5.97 Å². The molecule has 0 amide bonds. The third kappa shape index (κ3) is 3.12. The number of hydrogen-bond acceptors (Lipinski definition) is 2. The Balaban J connectivity index is 1.82. The van der Waals surface area contributed by atoms with Crippen LogP contribution in [0.4, 0.5) is 0 Å². The van der Waals surface area contributed by atoms with Gasteiger partial charge in [0.2, 0.25) is 0 Å². The molecule has 0 saturated heterocycles. The molecular weight excluding hydrogens is 380 g/mol. The molecule has 1 N–H and O–H groups in total. The van der Waals surface area contributed by atoms with Crippen molar-refractivity contribution in [3.63, 3.8) is 0 Å². The normalized spacial score (nSPS) is 18.8. The first-order valence-corrected chi connectivity index (χ1v) is 11.3. The van der Waals surface area contributed by atoms with Gasteiger partial charge in [-0.2, -0.15) is 0 Å². The summed E-state index contributed by atoms with van der Waals surface area (Å²) >= 11 is 1.74. The Bertz CT molecular complexity index is 1130. The summed E-state index contributed by atoms with van der Waals surface area (Å²) in [7, 11) is 2.10. The highest BCUT2D eigenvalue weighted by Gasteiger charge is 2.34. The minimum Gasteiger partial charge on any atom is -0.481 e. The highest BCUT2D eigenvalue weighted by atomic mass is 32.2. The van der Waals surface area contributed by atoms with Crippen LogP contribution < -0.4 is 0 Å². The van der Waals surface area contributed by atoms with Gasteiger partial charge in [-0.15, -0.1) is 0 Å². The fraction of sp³-hybridized carbons (Fsp3) is 0.375. The zero-order chi connectivity index (χ0) is 20.1. The number of aryl methyl sites for hydroxylation is 2. The van der Waals surface area contributed by atoms with Gasteiger partial charge in [-0.3, -0.25) is 4.79 Å². The molecule has 1 atom stereocenters. The molecule has 3 aromatic rings. The molecule has 2 aromatic heterocycles. The van der Waals surface area contributed by atoms with Crippen LogP contribution >= 0.6 is 11.8 Å². The SMILES string of the molecule is C/C=C/Sc1c2n(c3cc(C4CC4)cc(-c4cccn4C)c13)CCC2CC(=O)O. The van der Waals surface area contributed by atoms with E-state index in [0.29, 0.717) is 5.92 Å². The van der Waals surface area contributed by atoms with Gasteiger partial charge in [-0.05, 0) is 67.3 Å². The van der Waals surface area contributed by atoms with Crippen LogP contribution in [0.25, 0.3) is 22.2 Å². The maximum Gasteiger partial charge on any atom is 0.304 e. The molecular formula is C24H26N2O2S. The largest absolute Gasteiger partial charge is 0.481 e. The molecule has 0 spiro atoms. The minimum atomic E-state index is -0.711. The van der Waals surface area contributed by atoms with Gasteiger partial charge in [0.15, 0.2) is 0 Å². The summed E-state index contributed by atoms with van der Waals surface area (Å²) in [6.07, 6.45) is 7.81. The molecule has 2 aliphatic rings. The number of allylic oxidation sites excluding steroid dienone is 1. The monoisotopic (exact) mass is 406 g/mol. The number of aromatic nitrogens is 2. The summed E-state index contributed by atoms with van der Waals surface area (Å²) in [6.45, 7) is 2.93. The van der Waals surface area contributed by atoms with Gasteiger partial charge in [0.05, 0.1) is 11.9 Å². The van der Waals surface area contributed by atoms with E-state index >= 15 is 0 Å². The lowest BCUT2D eigenvalue weighted by molar-refractivity contribution is -0.137. The van der Waals surface area contributed by atoms with Crippen LogP contribution in [-0.4, -0.2) is 20.2 Å². The van der Waals surface area contributed by atoms with Gasteiger partial charge in [-0.1, -0.05) is 17.8 Å². The van der Waals surface area contributed by atoms with Crippen molar-refractivity contribution in [2.45, 2.75) is 55.9 Å². The second-order valence-corrected chi connectivity index (χ2v) is 9.19. The third-order valence-corrected chi connectivity index (χ3v) is 7.34. The molecule has 1 aromatic carbocycles. The number of aliphatic carboxylic acids is 1. The molecule has 4 nitrogen and oxygen atoms in total. The number of thioether (sulfide) groups is 1. The number of hydrogen-bond donors (Lipinski definition) is 1. The molecule has 1 fully saturated rings. The Morgan fingerprint density at radius 2 is 2.14 bits per heavy atom. The van der Waals surface area contributed by atoms with Crippen LogP contribution in [0.3, 0.4) is 0 Å². The zero-order valence-corrected chi connectivity index (χ0v) is 17.7. The number of fused-ring (bicyclic) bond motifs is 3. The summed E-state index contributed by atoms with van der Waals surface area (Å²) in [5.41, 5.74) is 6.42. The Morgan fingerprint density at radius 1 is 1.31 bits per heavy atom. The van der Waals surface area contributed by atoms with Crippen molar-refractivity contribution in [2.75, 3.05) is 0 Å². The van der Waals surface area contributed by atoms with Crippen molar-refractivity contribution in [3.05, 3.63) is 53.2 Å². The Kier molecular flexibility index (Phi) is 4.58. The van der Waals surface area contributed by atoms with Crippen molar-refractivity contribution in [1.29, 1.82) is 0 Å². The van der Waals surface area contributed by atoms with Crippen LogP contribution in [0.15, 0.2) is 46.8 Å². The average Bonchev–Trinajstić information content (AvgIpc) is 3.22. The Morgan fingerprint density at radius 3 is 2.79 bits per heavy atom. The summed E-state index contributed by atoms with van der Waals surface area (Å²) in [5.74, 6) is 0.0442. The first-order chi connectivity index (χ1) is 14.1. The van der Waals surface area contributed by atoms with Crippen LogP contribution in [0.1, 0.15) is 55.7 Å². The van der Waals surface area contributed by atoms with Crippen molar-refractivity contribution in [1.82, 2.24) is 9.13 Å². The van der Waals surface area contributed by atoms with Gasteiger partial charge in [-0.25, -0.2) is 0 Å². The van der Waals surface area contributed by atoms with Gasteiger partial charge < -0.3 is 14.2 Å². The second kappa shape index (κ2) is 7.13. The third-order valence-electron chi connectivity index (χ3n) is 6.28. The van der Waals surface area contributed by atoms with Crippen molar-refractivity contribution in [3.8, 4) is 11.3 Å². The van der Waals surface area contributed by atoms with Crippen LogP contribution in [-0.2, 0) is 18.4 Å². The number of carboxylic acids is 1. The maximum absolute atomic E-state index is 11.5. The molecule has 5 heteroatoms. The summed E-state index contributed by atoms with van der Waals surface area (Å²) in [4.78, 5) is 12.8. The van der Waals surface area contributed by atoms with Gasteiger partial charge in [0, 0.05) is 52.9 Å². The zero-order valence-electron chi connectivity index (χ0n) is 16.9. The standard InChI is InChI=1S/C24H26N2O2S/c1-3-11-29-24-22-18(19-5-4-9-25(19)2)12-17(15-6-7-15)13-20(22)26-10-8-16(23(24)26)14-21(27)28/h3-5,9,11-13,15-16H,6-8,10,14H2,1-2H3,(H,27,28)/b11-3+. The first kappa shape index (κ1) is 18.6. The number of carbonyl (C=O) groups is 1. The second-order valence-electron chi connectivity index (χ2n) is 8.28. The van der Waals surface area contributed by atoms with E-state index in [9.17, 15) is 9.90 Å². The molecule has 0 bridgehead atoms. The molecule has 3 heterocycles. The molecule has 1 unspecified atom stereocenters. The average molecular weight is 407 g/mol. The Labute approximate surface area is 175 Å². The molecule has 1 saturated carbocycles. The maximum atomic E-state index is 11.5.